The predicted molar refractivity (Wildman–Crippen MR) is 76.9 cm³/mol. The maximum atomic E-state index is 9.25. The quantitative estimate of drug-likeness (QED) is 0.468. The van der Waals surface area contributed by atoms with Crippen LogP contribution in [0.15, 0.2) is 25.3 Å². The summed E-state index contributed by atoms with van der Waals surface area (Å²) in [6.07, 6.45) is 6.22. The van der Waals surface area contributed by atoms with Gasteiger partial charge in [-0.3, -0.25) is 0 Å². The van der Waals surface area contributed by atoms with E-state index < -0.39 is 11.9 Å². The average Bonchev–Trinajstić information content (AvgIpc) is 2.50. The fourth-order valence-electron chi connectivity index (χ4n) is 0. The van der Waals surface area contributed by atoms with Gasteiger partial charge in [-0.1, -0.05) is 39.8 Å². The molecule has 0 atom stereocenters. The molecule has 0 aromatic carbocycles. The number of unbranched alkanes of at least 4 members (excludes halogenated alkanes) is 2. The third kappa shape index (κ3) is 177. The van der Waals surface area contributed by atoms with E-state index in [1.165, 1.54) is 12.8 Å². The Kier molecular flexibility index (Phi) is 67.5. The van der Waals surface area contributed by atoms with Gasteiger partial charge in [-0.05, 0) is 0 Å². The number of hydrogen-bond acceptors (Lipinski definition) is 3. The van der Waals surface area contributed by atoms with Crippen LogP contribution in [-0.2, 0) is 33.3 Å². The molecule has 0 heterocycles. The number of carboxylic acids is 2. The van der Waals surface area contributed by atoms with Gasteiger partial charge < -0.3 is 24.1 Å². The molecule has 6 heteroatoms. The van der Waals surface area contributed by atoms with Crippen LogP contribution in [0.2, 0.25) is 0 Å². The van der Waals surface area contributed by atoms with Gasteiger partial charge >= 0.3 is 35.7 Å². The van der Waals surface area contributed by atoms with Crippen molar-refractivity contribution in [1.82, 2.24) is 0 Å². The van der Waals surface area contributed by atoms with Gasteiger partial charge in [-0.2, -0.15) is 12.8 Å². The van der Waals surface area contributed by atoms with Gasteiger partial charge in [0.2, 0.25) is 0 Å². The summed E-state index contributed by atoms with van der Waals surface area (Å²) in [6.45, 7) is 17.4. The molecule has 0 saturated heterocycles. The molecule has 0 aliphatic carbocycles. The van der Waals surface area contributed by atoms with Crippen molar-refractivity contribution in [2.24, 2.45) is 0 Å². The first kappa shape index (κ1) is 31.4. The summed E-state index contributed by atoms with van der Waals surface area (Å²) >= 11 is 0.750. The third-order valence-corrected chi connectivity index (χ3v) is 1.06. The zero-order chi connectivity index (χ0) is 17.4. The Bertz CT molecular complexity index is 192. The second-order valence-corrected chi connectivity index (χ2v) is 2.79. The minimum absolute atomic E-state index is 0.750. The van der Waals surface area contributed by atoms with E-state index in [9.17, 15) is 9.59 Å². The van der Waals surface area contributed by atoms with Crippen molar-refractivity contribution in [3.05, 3.63) is 39.2 Å². The molecule has 0 bridgehead atoms. The minimum atomic E-state index is -0.981. The molecule has 116 valence electrons. The van der Waals surface area contributed by atoms with Gasteiger partial charge in [-0.25, -0.2) is 9.59 Å². The normalized spacial score (nSPS) is 6.50. The molecular weight excluding hydrogens is 296 g/mol. The number of carbonyl (C=O) groups is 2. The van der Waals surface area contributed by atoms with Crippen molar-refractivity contribution in [2.45, 2.75) is 39.5 Å². The molecule has 0 radical (unpaired) electrons. The van der Waals surface area contributed by atoms with Gasteiger partial charge in [0.15, 0.2) is 0 Å². The first-order valence-corrected chi connectivity index (χ1v) is 6.51. The van der Waals surface area contributed by atoms with Crippen LogP contribution in [-0.4, -0.2) is 22.2 Å². The molecule has 0 aromatic rings. The molecule has 0 amide bonds. The van der Waals surface area contributed by atoms with Gasteiger partial charge in [0.05, 0.1) is 0 Å². The van der Waals surface area contributed by atoms with Gasteiger partial charge in [0.25, 0.3) is 0 Å². The van der Waals surface area contributed by atoms with Crippen molar-refractivity contribution >= 4 is 11.9 Å². The molecule has 5 nitrogen and oxygen atoms in total. The zero-order valence-corrected chi connectivity index (χ0v) is 14.0. The molecule has 0 aromatic heterocycles. The zero-order valence-electron chi connectivity index (χ0n) is 12.4. The number of aliphatic carboxylic acids is 2. The van der Waals surface area contributed by atoms with Gasteiger partial charge in [-0.15, -0.1) is 0 Å². The SMILES string of the molecule is C=CC(=O)O.C=CC(=O)O.[CH2-]CCC.[CH2-]CCC.[O]=[Ti+2]. The van der Waals surface area contributed by atoms with Crippen LogP contribution < -0.4 is 0 Å². The molecule has 0 unspecified atom stereocenters. The van der Waals surface area contributed by atoms with Crippen LogP contribution >= 0.6 is 0 Å². The Morgan fingerprint density at radius 1 is 0.950 bits per heavy atom. The summed E-state index contributed by atoms with van der Waals surface area (Å²) < 4.78 is 8.25. The number of carboxylic acid groups (broad SMARTS) is 2. The summed E-state index contributed by atoms with van der Waals surface area (Å²) in [5.74, 6) is -1.96. The molecule has 0 aliphatic heterocycles. The van der Waals surface area contributed by atoms with Crippen molar-refractivity contribution in [3.63, 3.8) is 0 Å². The average molecular weight is 322 g/mol. The van der Waals surface area contributed by atoms with Crippen LogP contribution in [0.25, 0.3) is 0 Å². The van der Waals surface area contributed by atoms with Crippen LogP contribution in [0.5, 0.6) is 0 Å². The van der Waals surface area contributed by atoms with Crippen molar-refractivity contribution in [3.8, 4) is 0 Å². The molecule has 0 spiro atoms. The van der Waals surface area contributed by atoms with Crippen LogP contribution in [0.4, 0.5) is 0 Å². The first-order chi connectivity index (χ1) is 9.37. The Balaban J connectivity index is -0.0000000482. The van der Waals surface area contributed by atoms with Gasteiger partial charge in [0, 0.05) is 12.2 Å². The van der Waals surface area contributed by atoms with Crippen LogP contribution in [0, 0.1) is 13.8 Å². The van der Waals surface area contributed by atoms with Crippen molar-refractivity contribution in [2.75, 3.05) is 0 Å². The Labute approximate surface area is 134 Å². The Morgan fingerprint density at radius 3 is 1.05 bits per heavy atom. The van der Waals surface area contributed by atoms with E-state index in [4.69, 9.17) is 13.5 Å². The Morgan fingerprint density at radius 2 is 1.05 bits per heavy atom. The van der Waals surface area contributed by atoms with E-state index in [1.54, 1.807) is 0 Å². The summed E-state index contributed by atoms with van der Waals surface area (Å²) in [5, 5.41) is 15.2. The van der Waals surface area contributed by atoms with Crippen molar-refractivity contribution in [1.29, 1.82) is 0 Å². The topological polar surface area (TPSA) is 91.7 Å². The maximum absolute atomic E-state index is 9.25. The summed E-state index contributed by atoms with van der Waals surface area (Å²) in [5.41, 5.74) is 0. The van der Waals surface area contributed by atoms with Crippen LogP contribution in [0.1, 0.15) is 39.5 Å². The van der Waals surface area contributed by atoms with Crippen LogP contribution in [0.3, 0.4) is 0 Å². The van der Waals surface area contributed by atoms with E-state index in [0.717, 1.165) is 45.4 Å². The Hall–Kier alpha value is -1.07. The molecule has 2 N–H and O–H groups in total. The second-order valence-electron chi connectivity index (χ2n) is 2.79. The first-order valence-electron chi connectivity index (χ1n) is 5.87. The summed E-state index contributed by atoms with van der Waals surface area (Å²) in [4.78, 5) is 18.5. The van der Waals surface area contributed by atoms with E-state index >= 15 is 0 Å². The van der Waals surface area contributed by atoms with E-state index in [0.29, 0.717) is 0 Å². The van der Waals surface area contributed by atoms with Crippen molar-refractivity contribution < 1.29 is 43.5 Å². The molecular formula is C14H26O5Ti. The fraction of sp³-hybridized carbons (Fsp3) is 0.429. The fourth-order valence-corrected chi connectivity index (χ4v) is 0. The van der Waals surface area contributed by atoms with E-state index in [1.807, 2.05) is 0 Å². The molecule has 0 rings (SSSR count). The molecule has 20 heavy (non-hydrogen) atoms. The molecule has 0 saturated carbocycles. The molecule has 0 aliphatic rings. The van der Waals surface area contributed by atoms with E-state index in [-0.39, 0.29) is 0 Å². The summed E-state index contributed by atoms with van der Waals surface area (Å²) in [7, 11) is 0. The predicted octanol–water partition coefficient (Wildman–Crippen LogP) is 3.63. The van der Waals surface area contributed by atoms with Gasteiger partial charge in [0.1, 0.15) is 0 Å². The third-order valence-electron chi connectivity index (χ3n) is 1.06. The molecule has 0 fully saturated rings. The standard InChI is InChI=1S/2C4H9.2C3H4O2.O.Ti/c2*1-3-4-2;2*1-2-3(4)5;;/h2*1,3-4H2,2H3;2*2H,1H2,(H,4,5);;/q2*-1;;;;+2. The second kappa shape index (κ2) is 43.0. The monoisotopic (exact) mass is 322 g/mol. The van der Waals surface area contributed by atoms with E-state index in [2.05, 4.69) is 40.9 Å². The number of rotatable bonds is 4. The number of hydrogen-bond donors (Lipinski definition) is 2. The summed E-state index contributed by atoms with van der Waals surface area (Å²) in [6, 6.07) is 0.